The average Bonchev–Trinajstić information content (AvgIpc) is 3.35. The lowest BCUT2D eigenvalue weighted by atomic mass is 10.1. The molecule has 2 aromatic carbocycles. The van der Waals surface area contributed by atoms with E-state index in [1.54, 1.807) is 12.1 Å². The number of amides is 1. The van der Waals surface area contributed by atoms with Gasteiger partial charge in [0, 0.05) is 50.6 Å². The second kappa shape index (κ2) is 15.6. The van der Waals surface area contributed by atoms with Gasteiger partial charge in [0.05, 0.1) is 23.1 Å². The average molecular weight is 623 g/mol. The van der Waals surface area contributed by atoms with Crippen LogP contribution in [0.1, 0.15) is 28.8 Å². The number of imidazole rings is 1. The highest BCUT2D eigenvalue weighted by Gasteiger charge is 2.21. The van der Waals surface area contributed by atoms with Gasteiger partial charge in [-0.05, 0) is 54.8 Å². The number of carbonyl (C=O) groups excluding carboxylic acids is 1. The Hall–Kier alpha value is -4.81. The number of nitrogens with zero attached hydrogens (tertiary/aromatic N) is 4. The maximum absolute atomic E-state index is 13.4. The maximum Gasteiger partial charge on any atom is 0.328 e. The lowest BCUT2D eigenvalue weighted by molar-refractivity contribution is -0.134. The van der Waals surface area contributed by atoms with Crippen LogP contribution in [-0.4, -0.2) is 79.7 Å². The zero-order chi connectivity index (χ0) is 31.5. The van der Waals surface area contributed by atoms with Gasteiger partial charge in [0.25, 0.3) is 5.91 Å². The first-order valence-electron chi connectivity index (χ1n) is 13.9. The second-order valence-electron chi connectivity index (χ2n) is 10.0. The van der Waals surface area contributed by atoms with Gasteiger partial charge < -0.3 is 30.3 Å². The zero-order valence-corrected chi connectivity index (χ0v) is 24.5. The van der Waals surface area contributed by atoms with Crippen LogP contribution in [0, 0.1) is 5.82 Å². The van der Waals surface area contributed by atoms with Crippen molar-refractivity contribution in [3.05, 3.63) is 101 Å². The predicted molar refractivity (Wildman–Crippen MR) is 164 cm³/mol. The Kier molecular flexibility index (Phi) is 11.4. The molecule has 3 heterocycles. The molecule has 1 saturated heterocycles. The Balaban J connectivity index is 0.000000488. The van der Waals surface area contributed by atoms with Gasteiger partial charge in [-0.15, -0.1) is 0 Å². The first kappa shape index (κ1) is 32.1. The molecule has 1 aliphatic heterocycles. The Bertz CT molecular complexity index is 1590. The highest BCUT2D eigenvalue weighted by molar-refractivity contribution is 6.29. The zero-order valence-electron chi connectivity index (χ0n) is 23.7. The molecule has 13 heteroatoms. The molecule has 1 aliphatic rings. The van der Waals surface area contributed by atoms with Gasteiger partial charge in [-0.25, -0.2) is 23.9 Å². The third-order valence-corrected chi connectivity index (χ3v) is 7.12. The minimum absolute atomic E-state index is 0.143. The lowest BCUT2D eigenvalue weighted by Crippen LogP contribution is -2.43. The minimum atomic E-state index is -1.26. The van der Waals surface area contributed by atoms with Crippen molar-refractivity contribution in [2.45, 2.75) is 25.4 Å². The fourth-order valence-corrected chi connectivity index (χ4v) is 4.80. The summed E-state index contributed by atoms with van der Waals surface area (Å²) in [5.74, 6) is -2.06. The van der Waals surface area contributed by atoms with E-state index < -0.39 is 11.9 Å². The highest BCUT2D eigenvalue weighted by atomic mass is 35.5. The minimum Gasteiger partial charge on any atom is -0.478 e. The number of pyridine rings is 1. The number of aromatic nitrogens is 3. The number of rotatable bonds is 10. The largest absolute Gasteiger partial charge is 0.478 e. The molecule has 0 aliphatic carbocycles. The van der Waals surface area contributed by atoms with Gasteiger partial charge in [-0.2, -0.15) is 0 Å². The molecule has 2 aromatic heterocycles. The Morgan fingerprint density at radius 2 is 1.66 bits per heavy atom. The number of carbonyl (C=O) groups is 3. The number of para-hydroxylation sites is 2. The van der Waals surface area contributed by atoms with Crippen molar-refractivity contribution in [3.63, 3.8) is 0 Å². The SMILES string of the molecule is O=C(NCCN1CCC(Nc2nc3ccccc3n2Cc2ccc(F)cc2)CC1)c1ccc(Cl)nc1.O=C(O)/C=C/C(=O)O. The van der Waals surface area contributed by atoms with Crippen molar-refractivity contribution in [3.8, 4) is 0 Å². The predicted octanol–water partition coefficient (Wildman–Crippen LogP) is 4.29. The lowest BCUT2D eigenvalue weighted by Gasteiger charge is -2.32. The summed E-state index contributed by atoms with van der Waals surface area (Å²) in [6, 6.07) is 18.3. The topological polar surface area (TPSA) is 150 Å². The van der Waals surface area contributed by atoms with Gasteiger partial charge in [0.2, 0.25) is 5.95 Å². The van der Waals surface area contributed by atoms with E-state index in [0.717, 1.165) is 55.0 Å². The fourth-order valence-electron chi connectivity index (χ4n) is 4.68. The van der Waals surface area contributed by atoms with Crippen molar-refractivity contribution in [1.29, 1.82) is 0 Å². The van der Waals surface area contributed by atoms with Gasteiger partial charge in [-0.1, -0.05) is 35.9 Å². The summed E-state index contributed by atoms with van der Waals surface area (Å²) >= 11 is 5.78. The van der Waals surface area contributed by atoms with Crippen LogP contribution >= 0.6 is 11.6 Å². The van der Waals surface area contributed by atoms with E-state index in [1.165, 1.54) is 18.3 Å². The van der Waals surface area contributed by atoms with E-state index in [0.29, 0.717) is 42.0 Å². The number of carboxylic acids is 2. The number of fused-ring (bicyclic) bond motifs is 1. The van der Waals surface area contributed by atoms with Crippen molar-refractivity contribution in [2.75, 3.05) is 31.5 Å². The monoisotopic (exact) mass is 622 g/mol. The molecule has 1 fully saturated rings. The molecule has 0 atom stereocenters. The maximum atomic E-state index is 13.4. The fraction of sp³-hybridized carbons (Fsp3) is 0.258. The number of anilines is 1. The number of hydrogen-bond acceptors (Lipinski definition) is 7. The molecule has 1 amide bonds. The summed E-state index contributed by atoms with van der Waals surface area (Å²) in [4.78, 5) is 42.5. The third-order valence-electron chi connectivity index (χ3n) is 6.90. The summed E-state index contributed by atoms with van der Waals surface area (Å²) in [6.45, 7) is 3.86. The number of piperidine rings is 1. The number of hydrogen-bond donors (Lipinski definition) is 4. The Labute approximate surface area is 258 Å². The van der Waals surface area contributed by atoms with E-state index in [1.807, 2.05) is 30.3 Å². The normalized spacial score (nSPS) is 13.8. The molecule has 5 rings (SSSR count). The molecule has 11 nitrogen and oxygen atoms in total. The molecule has 4 aromatic rings. The summed E-state index contributed by atoms with van der Waals surface area (Å²) in [6.07, 6.45) is 4.56. The van der Waals surface area contributed by atoms with Crippen LogP contribution in [0.5, 0.6) is 0 Å². The number of aliphatic carboxylic acids is 2. The number of carboxylic acid groups (broad SMARTS) is 2. The molecule has 44 heavy (non-hydrogen) atoms. The molecule has 0 spiro atoms. The summed E-state index contributed by atoms with van der Waals surface area (Å²) < 4.78 is 15.5. The van der Waals surface area contributed by atoms with Crippen LogP contribution < -0.4 is 10.6 Å². The number of halogens is 2. The number of likely N-dealkylation sites (tertiary alicyclic amines) is 1. The molecule has 0 unspecified atom stereocenters. The van der Waals surface area contributed by atoms with Crippen LogP contribution in [0.3, 0.4) is 0 Å². The highest BCUT2D eigenvalue weighted by Crippen LogP contribution is 2.24. The van der Waals surface area contributed by atoms with Crippen molar-refractivity contribution < 1.29 is 29.0 Å². The van der Waals surface area contributed by atoms with Crippen molar-refractivity contribution in [1.82, 2.24) is 24.8 Å². The number of benzene rings is 2. The van der Waals surface area contributed by atoms with E-state index in [9.17, 15) is 18.8 Å². The molecule has 0 bridgehead atoms. The molecule has 230 valence electrons. The van der Waals surface area contributed by atoms with Gasteiger partial charge in [-0.3, -0.25) is 4.79 Å². The standard InChI is InChI=1S/C27H28ClFN6O.C4H4O4/c28-25-10-7-20(17-31-25)26(36)30-13-16-34-14-11-22(12-15-34)32-27-33-23-3-1-2-4-24(23)35(27)18-19-5-8-21(29)9-6-19;5-3(6)1-2-4(7)8/h1-10,17,22H,11-16,18H2,(H,30,36)(H,32,33);1-2H,(H,5,6)(H,7,8)/b;2-1+. The molecule has 0 radical (unpaired) electrons. The number of nitrogens with one attached hydrogen (secondary N) is 2. The first-order valence-corrected chi connectivity index (χ1v) is 14.3. The van der Waals surface area contributed by atoms with E-state index in [-0.39, 0.29) is 11.7 Å². The summed E-state index contributed by atoms with van der Waals surface area (Å²) in [5.41, 5.74) is 3.51. The van der Waals surface area contributed by atoms with E-state index >= 15 is 0 Å². The van der Waals surface area contributed by atoms with E-state index in [2.05, 4.69) is 31.2 Å². The Morgan fingerprint density at radius 1 is 0.977 bits per heavy atom. The van der Waals surface area contributed by atoms with Gasteiger partial charge in [0.1, 0.15) is 11.0 Å². The Morgan fingerprint density at radius 3 is 2.30 bits per heavy atom. The quantitative estimate of drug-likeness (QED) is 0.150. The molecule has 4 N–H and O–H groups in total. The molecule has 0 saturated carbocycles. The third kappa shape index (κ3) is 9.61. The second-order valence-corrected chi connectivity index (χ2v) is 10.4. The first-order chi connectivity index (χ1) is 21.2. The van der Waals surface area contributed by atoms with Gasteiger partial charge >= 0.3 is 11.9 Å². The van der Waals surface area contributed by atoms with Crippen LogP contribution in [0.2, 0.25) is 5.15 Å². The van der Waals surface area contributed by atoms with Crippen molar-refractivity contribution >= 4 is 46.4 Å². The summed E-state index contributed by atoms with van der Waals surface area (Å²) in [7, 11) is 0. The van der Waals surface area contributed by atoms with Crippen LogP contribution in [0.15, 0.2) is 79.0 Å². The summed E-state index contributed by atoms with van der Waals surface area (Å²) in [5, 5.41) is 22.6. The molecular formula is C31H32ClFN6O5. The van der Waals surface area contributed by atoms with Crippen LogP contribution in [0.4, 0.5) is 10.3 Å². The van der Waals surface area contributed by atoms with Crippen molar-refractivity contribution in [2.24, 2.45) is 0 Å². The van der Waals surface area contributed by atoms with Crippen LogP contribution in [-0.2, 0) is 16.1 Å². The smallest absolute Gasteiger partial charge is 0.328 e. The van der Waals surface area contributed by atoms with E-state index in [4.69, 9.17) is 26.8 Å². The molecular weight excluding hydrogens is 591 g/mol. The van der Waals surface area contributed by atoms with Crippen LogP contribution in [0.25, 0.3) is 11.0 Å². The van der Waals surface area contributed by atoms with Gasteiger partial charge in [0.15, 0.2) is 0 Å².